The summed E-state index contributed by atoms with van der Waals surface area (Å²) in [6, 6.07) is 11.4. The van der Waals surface area contributed by atoms with E-state index in [1.54, 1.807) is 24.3 Å². The number of benzene rings is 2. The van der Waals surface area contributed by atoms with Crippen LogP contribution in [0.5, 0.6) is 0 Å². The quantitative estimate of drug-likeness (QED) is 0.682. The Morgan fingerprint density at radius 2 is 1.79 bits per heavy atom. The number of ether oxygens (including phenoxy) is 1. The van der Waals surface area contributed by atoms with Gasteiger partial charge in [-0.3, -0.25) is 0 Å². The number of hydrogen-bond acceptors (Lipinski definition) is 5. The third-order valence-corrected chi connectivity index (χ3v) is 4.17. The van der Waals surface area contributed by atoms with Gasteiger partial charge in [-0.2, -0.15) is 13.2 Å². The van der Waals surface area contributed by atoms with Crippen molar-refractivity contribution < 1.29 is 22.7 Å². The van der Waals surface area contributed by atoms with Gasteiger partial charge in [0, 0.05) is 11.6 Å². The van der Waals surface area contributed by atoms with Gasteiger partial charge >= 0.3 is 12.1 Å². The maximum absolute atomic E-state index is 12.8. The first-order valence-electron chi connectivity index (χ1n) is 8.23. The molecule has 0 saturated carbocycles. The predicted molar refractivity (Wildman–Crippen MR) is 97.5 cm³/mol. The van der Waals surface area contributed by atoms with Crippen molar-refractivity contribution in [3.8, 4) is 11.3 Å². The van der Waals surface area contributed by atoms with Crippen LogP contribution in [0, 0.1) is 0 Å². The summed E-state index contributed by atoms with van der Waals surface area (Å²) < 4.78 is 43.0. The molecule has 28 heavy (non-hydrogen) atoms. The maximum atomic E-state index is 12.8. The van der Waals surface area contributed by atoms with Crippen LogP contribution >= 0.6 is 0 Å². The molecule has 0 bridgehead atoms. The highest BCUT2D eigenvalue weighted by molar-refractivity contribution is 5.91. The number of nitrogens with zero attached hydrogens (tertiary/aromatic N) is 2. The summed E-state index contributed by atoms with van der Waals surface area (Å²) in [6.45, 7) is 0. The van der Waals surface area contributed by atoms with E-state index in [0.717, 1.165) is 17.7 Å². The molecule has 0 saturated heterocycles. The lowest BCUT2D eigenvalue weighted by atomic mass is 9.95. The maximum Gasteiger partial charge on any atom is 0.416 e. The summed E-state index contributed by atoms with van der Waals surface area (Å²) in [5, 5.41) is 0. The second kappa shape index (κ2) is 7.67. The Morgan fingerprint density at radius 1 is 1.07 bits per heavy atom. The molecule has 5 nitrogen and oxygen atoms in total. The molecule has 1 heterocycles. The first-order chi connectivity index (χ1) is 13.3. The molecule has 0 spiro atoms. The minimum atomic E-state index is -4.38. The van der Waals surface area contributed by atoms with Crippen LogP contribution < -0.4 is 5.73 Å². The first-order valence-corrected chi connectivity index (χ1v) is 8.23. The molecular formula is C20H16F3N3O2. The SMILES string of the molecule is COC(=O)c1ccc(Cc2ccc(C(F)(F)F)cc2)c(-c2cc(N)ncn2)c1. The number of rotatable bonds is 4. The van der Waals surface area contributed by atoms with E-state index in [9.17, 15) is 18.0 Å². The number of carbonyl (C=O) groups excluding carboxylic acids is 1. The lowest BCUT2D eigenvalue weighted by molar-refractivity contribution is -0.137. The zero-order valence-corrected chi connectivity index (χ0v) is 14.8. The van der Waals surface area contributed by atoms with Crippen LogP contribution in [0.3, 0.4) is 0 Å². The van der Waals surface area contributed by atoms with Crippen LogP contribution in [-0.4, -0.2) is 23.0 Å². The molecule has 0 radical (unpaired) electrons. The number of aromatic nitrogens is 2. The zero-order chi connectivity index (χ0) is 20.3. The summed E-state index contributed by atoms with van der Waals surface area (Å²) >= 11 is 0. The van der Waals surface area contributed by atoms with E-state index in [2.05, 4.69) is 9.97 Å². The van der Waals surface area contributed by atoms with Gasteiger partial charge in [-0.25, -0.2) is 14.8 Å². The Kier molecular flexibility index (Phi) is 5.30. The van der Waals surface area contributed by atoms with Crippen LogP contribution in [-0.2, 0) is 17.3 Å². The third kappa shape index (κ3) is 4.28. The molecule has 0 fully saturated rings. The van der Waals surface area contributed by atoms with E-state index in [0.29, 0.717) is 28.8 Å². The summed E-state index contributed by atoms with van der Waals surface area (Å²) in [7, 11) is 1.28. The highest BCUT2D eigenvalue weighted by atomic mass is 19.4. The molecule has 0 aliphatic carbocycles. The molecular weight excluding hydrogens is 371 g/mol. The van der Waals surface area contributed by atoms with Crippen molar-refractivity contribution in [2.24, 2.45) is 0 Å². The number of anilines is 1. The second-order valence-electron chi connectivity index (χ2n) is 6.06. The highest BCUT2D eigenvalue weighted by Crippen LogP contribution is 2.30. The van der Waals surface area contributed by atoms with Gasteiger partial charge in [-0.05, 0) is 41.8 Å². The number of methoxy groups -OCH3 is 1. The minimum Gasteiger partial charge on any atom is -0.465 e. The average Bonchev–Trinajstić information content (AvgIpc) is 2.67. The molecule has 0 aliphatic rings. The molecule has 2 N–H and O–H groups in total. The Balaban J connectivity index is 2.01. The number of alkyl halides is 3. The number of halogens is 3. The normalized spacial score (nSPS) is 11.3. The lowest BCUT2D eigenvalue weighted by Crippen LogP contribution is -2.05. The van der Waals surface area contributed by atoms with Crippen molar-refractivity contribution in [2.45, 2.75) is 12.6 Å². The van der Waals surface area contributed by atoms with E-state index in [1.165, 1.54) is 25.6 Å². The highest BCUT2D eigenvalue weighted by Gasteiger charge is 2.29. The largest absolute Gasteiger partial charge is 0.465 e. The molecule has 3 aromatic rings. The summed E-state index contributed by atoms with van der Waals surface area (Å²) in [5.41, 5.74) is 7.92. The summed E-state index contributed by atoms with van der Waals surface area (Å²) in [5.74, 6) is -0.252. The fraction of sp³-hybridized carbons (Fsp3) is 0.150. The molecule has 2 aromatic carbocycles. The van der Waals surface area contributed by atoms with Crippen molar-refractivity contribution in [3.05, 3.63) is 77.1 Å². The molecule has 0 atom stereocenters. The number of esters is 1. The average molecular weight is 387 g/mol. The van der Waals surface area contributed by atoms with E-state index < -0.39 is 17.7 Å². The zero-order valence-electron chi connectivity index (χ0n) is 14.8. The van der Waals surface area contributed by atoms with Gasteiger partial charge in [-0.1, -0.05) is 18.2 Å². The summed E-state index contributed by atoms with van der Waals surface area (Å²) in [6.07, 6.45) is -2.74. The van der Waals surface area contributed by atoms with Crippen LogP contribution in [0.25, 0.3) is 11.3 Å². The molecule has 1 aromatic heterocycles. The molecule has 0 amide bonds. The first kappa shape index (κ1) is 19.3. The van der Waals surface area contributed by atoms with Crippen molar-refractivity contribution in [1.29, 1.82) is 0 Å². The number of nitrogen functional groups attached to an aromatic ring is 1. The fourth-order valence-electron chi connectivity index (χ4n) is 2.77. The van der Waals surface area contributed by atoms with Crippen molar-refractivity contribution in [3.63, 3.8) is 0 Å². The number of hydrogen-bond donors (Lipinski definition) is 1. The predicted octanol–water partition coefficient (Wildman–Crippen LogP) is 4.12. The Labute approximate surface area is 159 Å². The standard InChI is InChI=1S/C20H16F3N3O2/c1-28-19(27)14-5-4-13(16(9-14)17-10-18(24)26-11-25-17)8-12-2-6-15(7-3-12)20(21,22)23/h2-7,9-11H,8H2,1H3,(H2,24,25,26). The third-order valence-electron chi connectivity index (χ3n) is 4.17. The van der Waals surface area contributed by atoms with E-state index >= 15 is 0 Å². The van der Waals surface area contributed by atoms with E-state index in [4.69, 9.17) is 10.5 Å². The molecule has 0 unspecified atom stereocenters. The van der Waals surface area contributed by atoms with E-state index in [1.807, 2.05) is 0 Å². The number of nitrogens with two attached hydrogens (primary N) is 1. The lowest BCUT2D eigenvalue weighted by Gasteiger charge is -2.12. The molecule has 3 rings (SSSR count). The Bertz CT molecular complexity index is 1000. The van der Waals surface area contributed by atoms with Gasteiger partial charge in [0.1, 0.15) is 12.1 Å². The van der Waals surface area contributed by atoms with Crippen LogP contribution in [0.15, 0.2) is 54.9 Å². The molecule has 144 valence electrons. The van der Waals surface area contributed by atoms with Crippen LogP contribution in [0.2, 0.25) is 0 Å². The van der Waals surface area contributed by atoms with E-state index in [-0.39, 0.29) is 5.82 Å². The second-order valence-corrected chi connectivity index (χ2v) is 6.06. The van der Waals surface area contributed by atoms with Gasteiger partial charge in [-0.15, -0.1) is 0 Å². The van der Waals surface area contributed by atoms with Crippen molar-refractivity contribution in [2.75, 3.05) is 12.8 Å². The minimum absolute atomic E-state index is 0.258. The Morgan fingerprint density at radius 3 is 2.39 bits per heavy atom. The van der Waals surface area contributed by atoms with Gasteiger partial charge in [0.15, 0.2) is 0 Å². The number of carbonyl (C=O) groups is 1. The molecule has 0 aliphatic heterocycles. The van der Waals surface area contributed by atoms with Crippen molar-refractivity contribution >= 4 is 11.8 Å². The topological polar surface area (TPSA) is 78.1 Å². The van der Waals surface area contributed by atoms with Crippen LogP contribution in [0.4, 0.5) is 19.0 Å². The smallest absolute Gasteiger partial charge is 0.416 e. The van der Waals surface area contributed by atoms with Gasteiger partial charge < -0.3 is 10.5 Å². The van der Waals surface area contributed by atoms with Gasteiger partial charge in [0.05, 0.1) is 23.9 Å². The van der Waals surface area contributed by atoms with Crippen molar-refractivity contribution in [1.82, 2.24) is 9.97 Å². The van der Waals surface area contributed by atoms with Gasteiger partial charge in [0.2, 0.25) is 0 Å². The van der Waals surface area contributed by atoms with Gasteiger partial charge in [0.25, 0.3) is 0 Å². The van der Waals surface area contributed by atoms with Crippen LogP contribution in [0.1, 0.15) is 27.0 Å². The Hall–Kier alpha value is -3.42. The summed E-state index contributed by atoms with van der Waals surface area (Å²) in [4.78, 5) is 19.9. The monoisotopic (exact) mass is 387 g/mol. The molecule has 8 heteroatoms. The fourth-order valence-corrected chi connectivity index (χ4v) is 2.77.